The van der Waals surface area contributed by atoms with Crippen LogP contribution in [-0.2, 0) is 16.8 Å². The van der Waals surface area contributed by atoms with Crippen LogP contribution in [0.3, 0.4) is 0 Å². The number of rotatable bonds is 12. The fourth-order valence-electron chi connectivity index (χ4n) is 4.93. The normalized spacial score (nSPS) is 15.7. The molecule has 1 fully saturated rings. The average molecular weight is 598 g/mol. The molecule has 2 aromatic carbocycles. The van der Waals surface area contributed by atoms with E-state index >= 15 is 0 Å². The van der Waals surface area contributed by atoms with Crippen LogP contribution in [0.4, 0.5) is 0 Å². The van der Waals surface area contributed by atoms with Gasteiger partial charge in [0.15, 0.2) is 0 Å². The van der Waals surface area contributed by atoms with Crippen LogP contribution in [0.25, 0.3) is 21.7 Å². The van der Waals surface area contributed by atoms with Crippen molar-refractivity contribution < 1.29 is 15.0 Å². The van der Waals surface area contributed by atoms with Gasteiger partial charge in [-0.05, 0) is 73.3 Å². The minimum Gasteiger partial charge on any atom is -0.481 e. The highest BCUT2D eigenvalue weighted by molar-refractivity contribution is 7.99. The first kappa shape index (κ1) is 28.4. The Hall–Kier alpha value is -2.16. The number of aromatic nitrogens is 1. The molecule has 5 rings (SSSR count). The number of thiophene rings is 1. The molecule has 1 aliphatic carbocycles. The Morgan fingerprint density at radius 1 is 1.21 bits per heavy atom. The highest BCUT2D eigenvalue weighted by Crippen LogP contribution is 2.53. The van der Waals surface area contributed by atoms with Crippen LogP contribution in [0.1, 0.15) is 72.0 Å². The minimum absolute atomic E-state index is 0.0732. The number of thioether (sulfide) groups is 1. The smallest absolute Gasteiger partial charge is 0.303 e. The number of aliphatic carboxylic acids is 1. The summed E-state index contributed by atoms with van der Waals surface area (Å²) in [6.07, 6.45) is 8.08. The van der Waals surface area contributed by atoms with Gasteiger partial charge in [-0.1, -0.05) is 66.2 Å². The minimum atomic E-state index is -0.905. The zero-order valence-electron chi connectivity index (χ0n) is 22.0. The Morgan fingerprint density at radius 2 is 2.00 bits per heavy atom. The topological polar surface area (TPSA) is 70.4 Å². The number of benzene rings is 2. The lowest BCUT2D eigenvalue weighted by molar-refractivity contribution is -0.138. The molecule has 0 radical (unpaired) electrons. The Labute approximate surface area is 246 Å². The number of hydrogen-bond donors (Lipinski definition) is 2. The second-order valence-corrected chi connectivity index (χ2v) is 14.7. The third-order valence-electron chi connectivity index (χ3n) is 7.24. The van der Waals surface area contributed by atoms with Gasteiger partial charge in [-0.3, -0.25) is 4.79 Å². The number of aliphatic hydroxyl groups is 1. The van der Waals surface area contributed by atoms with Crippen molar-refractivity contribution in [3.05, 3.63) is 86.2 Å². The summed E-state index contributed by atoms with van der Waals surface area (Å²) in [5, 5.41) is 23.9. The summed E-state index contributed by atoms with van der Waals surface area (Å²) in [5.41, 5.74) is 4.34. The van der Waals surface area contributed by atoms with Gasteiger partial charge in [-0.2, -0.15) is 11.8 Å². The van der Waals surface area contributed by atoms with E-state index < -0.39 is 11.6 Å². The van der Waals surface area contributed by atoms with Crippen molar-refractivity contribution >= 4 is 73.7 Å². The maximum Gasteiger partial charge on any atom is 0.303 e. The van der Waals surface area contributed by atoms with Gasteiger partial charge in [-0.15, -0.1) is 22.7 Å². The molecule has 2 aromatic heterocycles. The number of thiazole rings is 1. The lowest BCUT2D eigenvalue weighted by Gasteiger charge is -2.24. The monoisotopic (exact) mass is 597 g/mol. The van der Waals surface area contributed by atoms with Gasteiger partial charge >= 0.3 is 5.97 Å². The van der Waals surface area contributed by atoms with Gasteiger partial charge < -0.3 is 10.2 Å². The molecular weight excluding hydrogens is 566 g/mol. The van der Waals surface area contributed by atoms with E-state index in [1.807, 2.05) is 55.3 Å². The molecule has 2 heterocycles. The Bertz CT molecular complexity index is 1500. The van der Waals surface area contributed by atoms with Gasteiger partial charge in [0.25, 0.3) is 0 Å². The molecule has 39 heavy (non-hydrogen) atoms. The third kappa shape index (κ3) is 7.14. The zero-order valence-corrected chi connectivity index (χ0v) is 25.2. The Morgan fingerprint density at radius 3 is 2.72 bits per heavy atom. The van der Waals surface area contributed by atoms with Crippen molar-refractivity contribution in [1.82, 2.24) is 4.98 Å². The summed E-state index contributed by atoms with van der Waals surface area (Å²) in [5.74, 6) is 0.132. The highest BCUT2D eigenvalue weighted by Gasteiger charge is 2.44. The van der Waals surface area contributed by atoms with Crippen LogP contribution < -0.4 is 0 Å². The first-order valence-electron chi connectivity index (χ1n) is 13.1. The van der Waals surface area contributed by atoms with E-state index in [4.69, 9.17) is 11.6 Å². The van der Waals surface area contributed by atoms with Gasteiger partial charge in [0.1, 0.15) is 14.5 Å². The van der Waals surface area contributed by atoms with Crippen molar-refractivity contribution in [2.75, 3.05) is 5.75 Å². The molecule has 0 amide bonds. The predicted molar refractivity (Wildman–Crippen MR) is 167 cm³/mol. The Balaban J connectivity index is 1.36. The highest BCUT2D eigenvalue weighted by atomic mass is 35.5. The lowest BCUT2D eigenvalue weighted by atomic mass is 9.90. The first-order chi connectivity index (χ1) is 18.6. The number of hydrogen-bond acceptors (Lipinski definition) is 6. The second kappa shape index (κ2) is 11.8. The standard InChI is InChI=1S/C31H32ClNO3S3/c1-30(2,36)23-9-4-3-7-21(23)11-12-25(38-19-31(14-15-31)17-27(34)35)22-8-5-6-20(16-22)10-13-26-33-28-24(32)18-37-29(28)39-26/h3-10,13,16,18,25,36H,11-12,14-15,17,19H2,1-2H3,(H,34,35)/t25-/m1/s1. The molecule has 1 aliphatic rings. The fraction of sp³-hybridized carbons (Fsp3) is 0.355. The summed E-state index contributed by atoms with van der Waals surface area (Å²) in [6, 6.07) is 16.7. The largest absolute Gasteiger partial charge is 0.481 e. The number of carboxylic acid groups (broad SMARTS) is 1. The number of nitrogens with zero attached hydrogens (tertiary/aromatic N) is 1. The number of fused-ring (bicyclic) bond motifs is 1. The molecule has 0 spiro atoms. The molecule has 1 saturated carbocycles. The zero-order chi connectivity index (χ0) is 27.6. The van der Waals surface area contributed by atoms with E-state index in [2.05, 4.69) is 41.4 Å². The van der Waals surface area contributed by atoms with Crippen LogP contribution in [0.5, 0.6) is 0 Å². The predicted octanol–water partition coefficient (Wildman–Crippen LogP) is 9.07. The second-order valence-electron chi connectivity index (χ2n) is 10.9. The van der Waals surface area contributed by atoms with Crippen LogP contribution in [-0.4, -0.2) is 26.9 Å². The van der Waals surface area contributed by atoms with Crippen LogP contribution in [0, 0.1) is 5.41 Å². The van der Waals surface area contributed by atoms with E-state index in [1.165, 1.54) is 5.56 Å². The van der Waals surface area contributed by atoms with Gasteiger partial charge in [-0.25, -0.2) is 4.98 Å². The number of aryl methyl sites for hydroxylation is 1. The molecule has 0 aliphatic heterocycles. The molecule has 2 N–H and O–H groups in total. The van der Waals surface area contributed by atoms with Crippen LogP contribution in [0.2, 0.25) is 5.02 Å². The summed E-state index contributed by atoms with van der Waals surface area (Å²) < 4.78 is 1.13. The fourth-order valence-corrected chi connectivity index (χ4v) is 8.78. The van der Waals surface area contributed by atoms with Crippen molar-refractivity contribution in [2.45, 2.75) is 56.8 Å². The van der Waals surface area contributed by atoms with E-state index in [-0.39, 0.29) is 17.1 Å². The number of halogens is 1. The van der Waals surface area contributed by atoms with Crippen molar-refractivity contribution in [2.24, 2.45) is 5.41 Å². The van der Waals surface area contributed by atoms with E-state index in [9.17, 15) is 15.0 Å². The molecular formula is C31H32ClNO3S3. The maximum atomic E-state index is 11.5. The number of carboxylic acids is 1. The van der Waals surface area contributed by atoms with E-state index in [0.717, 1.165) is 62.7 Å². The van der Waals surface area contributed by atoms with E-state index in [0.29, 0.717) is 5.02 Å². The van der Waals surface area contributed by atoms with Crippen molar-refractivity contribution in [1.29, 1.82) is 0 Å². The summed E-state index contributed by atoms with van der Waals surface area (Å²) in [7, 11) is 0. The molecule has 0 unspecified atom stereocenters. The van der Waals surface area contributed by atoms with Gasteiger partial charge in [0.2, 0.25) is 0 Å². The van der Waals surface area contributed by atoms with Gasteiger partial charge in [0.05, 0.1) is 17.0 Å². The number of carbonyl (C=O) groups is 1. The molecule has 0 bridgehead atoms. The quantitative estimate of drug-likeness (QED) is 0.170. The molecule has 4 nitrogen and oxygen atoms in total. The molecule has 204 valence electrons. The first-order valence-corrected chi connectivity index (χ1v) is 16.2. The van der Waals surface area contributed by atoms with Gasteiger partial charge in [0, 0.05) is 16.4 Å². The maximum absolute atomic E-state index is 11.5. The van der Waals surface area contributed by atoms with Crippen molar-refractivity contribution in [3.8, 4) is 0 Å². The molecule has 4 aromatic rings. The average Bonchev–Trinajstić information content (AvgIpc) is 3.38. The molecule has 0 saturated heterocycles. The third-order valence-corrected chi connectivity index (χ3v) is 11.5. The van der Waals surface area contributed by atoms with Crippen molar-refractivity contribution in [3.63, 3.8) is 0 Å². The van der Waals surface area contributed by atoms with Crippen LogP contribution >= 0.6 is 46.0 Å². The lowest BCUT2D eigenvalue weighted by Crippen LogP contribution is -2.18. The SMILES string of the molecule is CC(C)(O)c1ccccc1CC[C@@H](SCC1(CC(=O)O)CC1)c1cccc(C=Cc2nc3c(Cl)csc3s2)c1. The van der Waals surface area contributed by atoms with Crippen LogP contribution in [0.15, 0.2) is 53.9 Å². The summed E-state index contributed by atoms with van der Waals surface area (Å²) >= 11 is 11.4. The summed E-state index contributed by atoms with van der Waals surface area (Å²) in [6.45, 7) is 3.66. The summed E-state index contributed by atoms with van der Waals surface area (Å²) in [4.78, 5) is 16.1. The molecule has 8 heteroatoms. The Kier molecular flexibility index (Phi) is 8.55. The van der Waals surface area contributed by atoms with E-state index in [1.54, 1.807) is 22.7 Å². The molecule has 1 atom stereocenters.